The maximum absolute atomic E-state index is 4.67. The summed E-state index contributed by atoms with van der Waals surface area (Å²) in [7, 11) is 0. The third-order valence-electron chi connectivity index (χ3n) is 3.10. The summed E-state index contributed by atoms with van der Waals surface area (Å²) >= 11 is 5.18. The SMILES string of the molecule is Brc1csc(-c2ccnc(CN3CCNCC3)n2)c1. The minimum Gasteiger partial charge on any atom is -0.314 e. The summed E-state index contributed by atoms with van der Waals surface area (Å²) in [5, 5.41) is 5.43. The fourth-order valence-corrected chi connectivity index (χ4v) is 3.53. The lowest BCUT2D eigenvalue weighted by Gasteiger charge is -2.26. The Morgan fingerprint density at radius 1 is 1.37 bits per heavy atom. The van der Waals surface area contributed by atoms with E-state index in [1.54, 1.807) is 11.3 Å². The van der Waals surface area contributed by atoms with Crippen LogP contribution in [0.2, 0.25) is 0 Å². The van der Waals surface area contributed by atoms with E-state index >= 15 is 0 Å². The van der Waals surface area contributed by atoms with E-state index < -0.39 is 0 Å². The molecule has 0 bridgehead atoms. The molecule has 2 aromatic rings. The summed E-state index contributed by atoms with van der Waals surface area (Å²) in [5.74, 6) is 0.906. The molecule has 1 aliphatic heterocycles. The van der Waals surface area contributed by atoms with Gasteiger partial charge in [-0.2, -0.15) is 0 Å². The lowest BCUT2D eigenvalue weighted by Crippen LogP contribution is -2.43. The molecular formula is C13H15BrN4S. The Morgan fingerprint density at radius 3 is 2.95 bits per heavy atom. The van der Waals surface area contributed by atoms with Crippen LogP contribution in [0, 0.1) is 0 Å². The first kappa shape index (κ1) is 13.2. The summed E-state index contributed by atoms with van der Waals surface area (Å²) in [6.07, 6.45) is 1.85. The predicted octanol–water partition coefficient (Wildman–Crippen LogP) is 2.37. The normalized spacial score (nSPS) is 16.7. The Hall–Kier alpha value is -0.820. The van der Waals surface area contributed by atoms with Gasteiger partial charge >= 0.3 is 0 Å². The lowest BCUT2D eigenvalue weighted by molar-refractivity contribution is 0.228. The molecular weight excluding hydrogens is 324 g/mol. The Labute approximate surface area is 125 Å². The highest BCUT2D eigenvalue weighted by molar-refractivity contribution is 9.10. The van der Waals surface area contributed by atoms with Crippen LogP contribution in [0.4, 0.5) is 0 Å². The molecule has 0 radical (unpaired) electrons. The fourth-order valence-electron chi connectivity index (χ4n) is 2.13. The molecule has 0 aliphatic carbocycles. The molecule has 0 amide bonds. The minimum atomic E-state index is 0.835. The summed E-state index contributed by atoms with van der Waals surface area (Å²) in [4.78, 5) is 12.6. The van der Waals surface area contributed by atoms with Gasteiger partial charge in [0.1, 0.15) is 5.82 Å². The van der Waals surface area contributed by atoms with Crippen molar-refractivity contribution in [3.63, 3.8) is 0 Å². The highest BCUT2D eigenvalue weighted by Crippen LogP contribution is 2.28. The van der Waals surface area contributed by atoms with Crippen molar-refractivity contribution in [2.75, 3.05) is 26.2 Å². The van der Waals surface area contributed by atoms with Crippen LogP contribution in [0.5, 0.6) is 0 Å². The number of rotatable bonds is 3. The number of nitrogens with zero attached hydrogens (tertiary/aromatic N) is 3. The lowest BCUT2D eigenvalue weighted by atomic mass is 10.3. The zero-order valence-corrected chi connectivity index (χ0v) is 12.9. The Balaban J connectivity index is 1.75. The monoisotopic (exact) mass is 338 g/mol. The van der Waals surface area contributed by atoms with Crippen molar-refractivity contribution in [1.82, 2.24) is 20.2 Å². The van der Waals surface area contributed by atoms with E-state index in [1.165, 1.54) is 4.88 Å². The molecule has 0 atom stereocenters. The Kier molecular flexibility index (Phi) is 4.22. The quantitative estimate of drug-likeness (QED) is 0.932. The number of hydrogen-bond acceptors (Lipinski definition) is 5. The van der Waals surface area contributed by atoms with Gasteiger partial charge in [-0.05, 0) is 28.1 Å². The Bertz CT molecular complexity index is 551. The van der Waals surface area contributed by atoms with Gasteiger partial charge in [-0.1, -0.05) is 0 Å². The average molecular weight is 339 g/mol. The van der Waals surface area contributed by atoms with Crippen LogP contribution in [0.3, 0.4) is 0 Å². The van der Waals surface area contributed by atoms with Crippen molar-refractivity contribution >= 4 is 27.3 Å². The number of nitrogens with one attached hydrogen (secondary N) is 1. The number of thiophene rings is 1. The maximum Gasteiger partial charge on any atom is 0.142 e. The fraction of sp³-hybridized carbons (Fsp3) is 0.385. The van der Waals surface area contributed by atoms with Crippen LogP contribution in [0.15, 0.2) is 28.2 Å². The second-order valence-corrected chi connectivity index (χ2v) is 6.34. The van der Waals surface area contributed by atoms with Gasteiger partial charge in [0.2, 0.25) is 0 Å². The first-order chi connectivity index (χ1) is 9.31. The highest BCUT2D eigenvalue weighted by Gasteiger charge is 2.12. The number of piperazine rings is 1. The molecule has 2 aromatic heterocycles. The smallest absolute Gasteiger partial charge is 0.142 e. The molecule has 0 aromatic carbocycles. The molecule has 1 saturated heterocycles. The molecule has 1 N–H and O–H groups in total. The van der Waals surface area contributed by atoms with Gasteiger partial charge in [0.05, 0.1) is 17.1 Å². The minimum absolute atomic E-state index is 0.835. The molecule has 0 spiro atoms. The number of halogens is 1. The van der Waals surface area contributed by atoms with Gasteiger partial charge in [-0.25, -0.2) is 9.97 Å². The molecule has 19 heavy (non-hydrogen) atoms. The molecule has 1 fully saturated rings. The molecule has 4 nitrogen and oxygen atoms in total. The summed E-state index contributed by atoms with van der Waals surface area (Å²) < 4.78 is 1.11. The average Bonchev–Trinajstić information content (AvgIpc) is 2.87. The van der Waals surface area contributed by atoms with E-state index in [4.69, 9.17) is 0 Å². The standard InChI is InChI=1S/C13H15BrN4S/c14-10-7-12(19-9-10)11-1-2-16-13(17-11)8-18-5-3-15-4-6-18/h1-2,7,9,15H,3-6,8H2. The van der Waals surface area contributed by atoms with Gasteiger partial charge in [0, 0.05) is 42.2 Å². The van der Waals surface area contributed by atoms with Gasteiger partial charge in [-0.15, -0.1) is 11.3 Å². The topological polar surface area (TPSA) is 41.1 Å². The van der Waals surface area contributed by atoms with Crippen molar-refractivity contribution in [2.24, 2.45) is 0 Å². The van der Waals surface area contributed by atoms with Crippen molar-refractivity contribution in [3.8, 4) is 10.6 Å². The van der Waals surface area contributed by atoms with E-state index in [9.17, 15) is 0 Å². The van der Waals surface area contributed by atoms with E-state index in [1.807, 2.05) is 12.3 Å². The number of aromatic nitrogens is 2. The molecule has 100 valence electrons. The van der Waals surface area contributed by atoms with Crippen molar-refractivity contribution < 1.29 is 0 Å². The van der Waals surface area contributed by atoms with Crippen LogP contribution < -0.4 is 5.32 Å². The summed E-state index contributed by atoms with van der Waals surface area (Å²) in [6.45, 7) is 5.08. The van der Waals surface area contributed by atoms with Crippen molar-refractivity contribution in [1.29, 1.82) is 0 Å². The van der Waals surface area contributed by atoms with Gasteiger partial charge in [-0.3, -0.25) is 4.90 Å². The second kappa shape index (κ2) is 6.09. The maximum atomic E-state index is 4.67. The van der Waals surface area contributed by atoms with Crippen LogP contribution in [-0.2, 0) is 6.54 Å². The molecule has 0 unspecified atom stereocenters. The van der Waals surface area contributed by atoms with Crippen LogP contribution in [0.1, 0.15) is 5.82 Å². The van der Waals surface area contributed by atoms with Crippen LogP contribution in [-0.4, -0.2) is 41.0 Å². The zero-order chi connectivity index (χ0) is 13.1. The van der Waals surface area contributed by atoms with E-state index in [2.05, 4.69) is 47.6 Å². The molecule has 3 heterocycles. The third-order valence-corrected chi connectivity index (χ3v) is 4.81. The predicted molar refractivity (Wildman–Crippen MR) is 81.2 cm³/mol. The first-order valence-corrected chi connectivity index (χ1v) is 7.98. The van der Waals surface area contributed by atoms with Crippen LogP contribution >= 0.6 is 27.3 Å². The third kappa shape index (κ3) is 3.39. The van der Waals surface area contributed by atoms with Gasteiger partial charge in [0.25, 0.3) is 0 Å². The van der Waals surface area contributed by atoms with E-state index in [0.29, 0.717) is 0 Å². The molecule has 0 saturated carbocycles. The molecule has 1 aliphatic rings. The van der Waals surface area contributed by atoms with Crippen molar-refractivity contribution in [3.05, 3.63) is 34.0 Å². The second-order valence-electron chi connectivity index (χ2n) is 4.51. The largest absolute Gasteiger partial charge is 0.314 e. The Morgan fingerprint density at radius 2 is 2.21 bits per heavy atom. The first-order valence-electron chi connectivity index (χ1n) is 6.31. The van der Waals surface area contributed by atoms with Gasteiger partial charge < -0.3 is 5.32 Å². The number of hydrogen-bond donors (Lipinski definition) is 1. The summed E-state index contributed by atoms with van der Waals surface area (Å²) in [5.41, 5.74) is 1.01. The van der Waals surface area contributed by atoms with E-state index in [0.717, 1.165) is 48.7 Å². The molecule has 6 heteroatoms. The van der Waals surface area contributed by atoms with Gasteiger partial charge in [0.15, 0.2) is 0 Å². The zero-order valence-electron chi connectivity index (χ0n) is 10.5. The summed E-state index contributed by atoms with van der Waals surface area (Å²) in [6, 6.07) is 4.07. The van der Waals surface area contributed by atoms with Crippen LogP contribution in [0.25, 0.3) is 10.6 Å². The molecule has 3 rings (SSSR count). The van der Waals surface area contributed by atoms with E-state index in [-0.39, 0.29) is 0 Å². The van der Waals surface area contributed by atoms with Crippen molar-refractivity contribution in [2.45, 2.75) is 6.54 Å². The highest BCUT2D eigenvalue weighted by atomic mass is 79.9.